The van der Waals surface area contributed by atoms with Gasteiger partial charge in [-0.1, -0.05) is 12.1 Å². The molecular weight excluding hydrogens is 333 g/mol. The van der Waals surface area contributed by atoms with Gasteiger partial charge in [0.05, 0.1) is 7.11 Å². The van der Waals surface area contributed by atoms with Crippen molar-refractivity contribution >= 4 is 34.3 Å². The Morgan fingerprint density at radius 2 is 2.00 bits per heavy atom. The fraction of sp³-hybridized carbons (Fsp3) is 0.167. The second kappa shape index (κ2) is 7.05. The average Bonchev–Trinajstić information content (AvgIpc) is 2.34. The summed E-state index contributed by atoms with van der Waals surface area (Å²) in [6.45, 7) is 0.0486. The third-order valence-electron chi connectivity index (χ3n) is 1.96. The van der Waals surface area contributed by atoms with Gasteiger partial charge in [0.2, 0.25) is 0 Å². The quantitative estimate of drug-likeness (QED) is 0.382. The Kier molecular flexibility index (Phi) is 5.68. The van der Waals surface area contributed by atoms with Crippen LogP contribution in [0.1, 0.15) is 10.4 Å². The molecule has 0 bridgehead atoms. The van der Waals surface area contributed by atoms with Gasteiger partial charge in [0.25, 0.3) is 0 Å². The van der Waals surface area contributed by atoms with E-state index in [0.717, 1.165) is 3.57 Å². The number of rotatable bonds is 5. The van der Waals surface area contributed by atoms with Gasteiger partial charge in [-0.2, -0.15) is 0 Å². The highest BCUT2D eigenvalue weighted by atomic mass is 127. The van der Waals surface area contributed by atoms with Gasteiger partial charge >= 0.3 is 5.97 Å². The van der Waals surface area contributed by atoms with E-state index in [1.54, 1.807) is 12.1 Å². The predicted molar refractivity (Wildman–Crippen MR) is 72.6 cm³/mol. The summed E-state index contributed by atoms with van der Waals surface area (Å²) in [5.41, 5.74) is 0.613. The lowest BCUT2D eigenvalue weighted by Gasteiger charge is -1.98. The molecule has 1 aromatic carbocycles. The fourth-order valence-corrected chi connectivity index (χ4v) is 1.42. The Morgan fingerprint density at radius 1 is 1.35 bits per heavy atom. The number of methoxy groups -OCH3 is 1. The van der Waals surface area contributed by atoms with Crippen molar-refractivity contribution in [2.24, 2.45) is 0 Å². The minimum Gasteiger partial charge on any atom is -0.468 e. The molecule has 1 rings (SSSR count). The van der Waals surface area contributed by atoms with Crippen LogP contribution in [-0.2, 0) is 9.53 Å². The molecule has 0 atom stereocenters. The molecular formula is C12H12INO3. The third-order valence-corrected chi connectivity index (χ3v) is 2.67. The zero-order valence-electron chi connectivity index (χ0n) is 9.27. The standard InChI is InChI=1S/C12H12INO3/c1-17-12(16)8-14-7-6-11(15)9-2-4-10(13)5-3-9/h2-7,14H,8H2,1H3/b7-6-. The van der Waals surface area contributed by atoms with Gasteiger partial charge in [-0.25, -0.2) is 0 Å². The maximum absolute atomic E-state index is 11.6. The molecule has 0 aromatic heterocycles. The van der Waals surface area contributed by atoms with Gasteiger partial charge in [0.15, 0.2) is 5.78 Å². The summed E-state index contributed by atoms with van der Waals surface area (Å²) < 4.78 is 5.51. The summed E-state index contributed by atoms with van der Waals surface area (Å²) in [4.78, 5) is 22.4. The first-order valence-corrected chi connectivity index (χ1v) is 5.98. The van der Waals surface area contributed by atoms with E-state index in [1.165, 1.54) is 19.4 Å². The highest BCUT2D eigenvalue weighted by Gasteiger charge is 2.00. The summed E-state index contributed by atoms with van der Waals surface area (Å²) in [5, 5.41) is 2.67. The largest absolute Gasteiger partial charge is 0.468 e. The molecule has 5 heteroatoms. The molecule has 17 heavy (non-hydrogen) atoms. The first-order valence-electron chi connectivity index (χ1n) is 4.90. The van der Waals surface area contributed by atoms with E-state index in [-0.39, 0.29) is 18.3 Å². The maximum Gasteiger partial charge on any atom is 0.325 e. The van der Waals surface area contributed by atoms with Crippen LogP contribution < -0.4 is 5.32 Å². The average molecular weight is 345 g/mol. The van der Waals surface area contributed by atoms with Crippen molar-refractivity contribution < 1.29 is 14.3 Å². The molecule has 0 saturated carbocycles. The lowest BCUT2D eigenvalue weighted by atomic mass is 10.1. The van der Waals surface area contributed by atoms with Crippen molar-refractivity contribution in [2.45, 2.75) is 0 Å². The predicted octanol–water partition coefficient (Wildman–Crippen LogP) is 1.75. The van der Waals surface area contributed by atoms with Crippen LogP contribution in [0.5, 0.6) is 0 Å². The minimum absolute atomic E-state index is 0.0486. The van der Waals surface area contributed by atoms with E-state index in [4.69, 9.17) is 0 Å². The smallest absolute Gasteiger partial charge is 0.325 e. The monoisotopic (exact) mass is 345 g/mol. The molecule has 0 unspecified atom stereocenters. The molecule has 0 saturated heterocycles. The van der Waals surface area contributed by atoms with Gasteiger partial charge < -0.3 is 10.1 Å². The van der Waals surface area contributed by atoms with Crippen molar-refractivity contribution in [1.82, 2.24) is 5.32 Å². The van der Waals surface area contributed by atoms with Gasteiger partial charge in [-0.05, 0) is 34.7 Å². The Hall–Kier alpha value is -1.37. The van der Waals surface area contributed by atoms with Crippen LogP contribution in [0.25, 0.3) is 0 Å². The van der Waals surface area contributed by atoms with E-state index in [0.29, 0.717) is 5.56 Å². The van der Waals surface area contributed by atoms with E-state index >= 15 is 0 Å². The second-order valence-corrected chi connectivity index (χ2v) is 4.41. The zero-order valence-corrected chi connectivity index (χ0v) is 11.4. The SMILES string of the molecule is COC(=O)CN/C=C\C(=O)c1ccc(I)cc1. The Bertz CT molecular complexity index is 426. The summed E-state index contributed by atoms with van der Waals surface area (Å²) in [6, 6.07) is 7.25. The molecule has 1 aromatic rings. The van der Waals surface area contributed by atoms with E-state index in [2.05, 4.69) is 32.6 Å². The number of ether oxygens (including phenoxy) is 1. The van der Waals surface area contributed by atoms with Gasteiger partial charge in [-0.3, -0.25) is 9.59 Å². The molecule has 0 aliphatic carbocycles. The number of ketones is 1. The highest BCUT2D eigenvalue weighted by molar-refractivity contribution is 14.1. The van der Waals surface area contributed by atoms with E-state index < -0.39 is 0 Å². The molecule has 0 aliphatic heterocycles. The Labute approximate surface area is 113 Å². The Morgan fingerprint density at radius 3 is 2.59 bits per heavy atom. The minimum atomic E-state index is -0.378. The normalized spacial score (nSPS) is 10.2. The number of benzene rings is 1. The van der Waals surface area contributed by atoms with Crippen molar-refractivity contribution in [1.29, 1.82) is 0 Å². The van der Waals surface area contributed by atoms with Crippen molar-refractivity contribution in [3.8, 4) is 0 Å². The van der Waals surface area contributed by atoms with Crippen LogP contribution in [0.2, 0.25) is 0 Å². The second-order valence-electron chi connectivity index (χ2n) is 3.16. The van der Waals surface area contributed by atoms with Crippen molar-refractivity contribution in [3.63, 3.8) is 0 Å². The molecule has 0 fully saturated rings. The van der Waals surface area contributed by atoms with Gasteiger partial charge in [0.1, 0.15) is 6.54 Å². The summed E-state index contributed by atoms with van der Waals surface area (Å²) >= 11 is 2.17. The number of esters is 1. The van der Waals surface area contributed by atoms with Crippen LogP contribution in [0.4, 0.5) is 0 Å². The summed E-state index contributed by atoms with van der Waals surface area (Å²) in [6.07, 6.45) is 2.82. The van der Waals surface area contributed by atoms with Crippen LogP contribution >= 0.6 is 22.6 Å². The van der Waals surface area contributed by atoms with E-state index in [9.17, 15) is 9.59 Å². The molecule has 0 spiro atoms. The summed E-state index contributed by atoms with van der Waals surface area (Å²) in [5.74, 6) is -0.491. The van der Waals surface area contributed by atoms with Crippen molar-refractivity contribution in [2.75, 3.05) is 13.7 Å². The number of hydrogen-bond donors (Lipinski definition) is 1. The van der Waals surface area contributed by atoms with Gasteiger partial charge in [0, 0.05) is 21.4 Å². The topological polar surface area (TPSA) is 55.4 Å². The number of carbonyl (C=O) groups excluding carboxylic acids is 2. The van der Waals surface area contributed by atoms with Crippen LogP contribution in [0.15, 0.2) is 36.5 Å². The number of halogens is 1. The lowest BCUT2D eigenvalue weighted by molar-refractivity contribution is -0.139. The maximum atomic E-state index is 11.6. The number of nitrogens with one attached hydrogen (secondary N) is 1. The molecule has 0 radical (unpaired) electrons. The van der Waals surface area contributed by atoms with Crippen LogP contribution in [0.3, 0.4) is 0 Å². The fourth-order valence-electron chi connectivity index (χ4n) is 1.06. The molecule has 0 heterocycles. The number of hydrogen-bond acceptors (Lipinski definition) is 4. The number of allylic oxidation sites excluding steroid dienone is 1. The Balaban J connectivity index is 2.46. The van der Waals surface area contributed by atoms with Gasteiger partial charge in [-0.15, -0.1) is 0 Å². The van der Waals surface area contributed by atoms with E-state index in [1.807, 2.05) is 12.1 Å². The first-order chi connectivity index (χ1) is 8.13. The van der Waals surface area contributed by atoms with Crippen molar-refractivity contribution in [3.05, 3.63) is 45.7 Å². The molecule has 90 valence electrons. The third kappa shape index (κ3) is 4.99. The molecule has 0 amide bonds. The number of carbonyl (C=O) groups is 2. The zero-order chi connectivity index (χ0) is 12.7. The molecule has 4 nitrogen and oxygen atoms in total. The molecule has 1 N–H and O–H groups in total. The first kappa shape index (κ1) is 13.7. The molecule has 0 aliphatic rings. The summed E-state index contributed by atoms with van der Waals surface area (Å²) in [7, 11) is 1.31. The van der Waals surface area contributed by atoms with Crippen LogP contribution in [0, 0.1) is 3.57 Å². The lowest BCUT2D eigenvalue weighted by Crippen LogP contribution is -2.19. The highest BCUT2D eigenvalue weighted by Crippen LogP contribution is 2.07. The van der Waals surface area contributed by atoms with Crippen LogP contribution in [-0.4, -0.2) is 25.4 Å².